The minimum Gasteiger partial charge on any atom is -0.346 e. The van der Waals surface area contributed by atoms with Crippen molar-refractivity contribution < 1.29 is 0 Å². The zero-order chi connectivity index (χ0) is 64.6. The van der Waals surface area contributed by atoms with Crippen LogP contribution in [0.3, 0.4) is 0 Å². The number of fused-ring (bicyclic) bond motifs is 2. The second kappa shape index (κ2) is 32.1. The average Bonchev–Trinajstić information content (AvgIpc) is 3.72. The molecule has 11 heteroatoms. The first kappa shape index (κ1) is 72.5. The third kappa shape index (κ3) is 27.1. The van der Waals surface area contributed by atoms with E-state index in [-0.39, 0.29) is 37.9 Å². The summed E-state index contributed by atoms with van der Waals surface area (Å²) in [5, 5.41) is 17.1. The predicted molar refractivity (Wildman–Crippen MR) is 365 cm³/mol. The van der Waals surface area contributed by atoms with E-state index < -0.39 is 0 Å². The van der Waals surface area contributed by atoms with Gasteiger partial charge in [-0.25, -0.2) is 4.98 Å². The van der Waals surface area contributed by atoms with Crippen LogP contribution in [0.25, 0.3) is 21.9 Å². The molecular formula is C75H105N11. The molecule has 0 aliphatic heterocycles. The van der Waals surface area contributed by atoms with Crippen LogP contribution in [0.1, 0.15) is 211 Å². The van der Waals surface area contributed by atoms with Crippen molar-refractivity contribution in [3.05, 3.63) is 235 Å². The standard InChI is InChI=1S/2C11H14N2.C10H14.3C9H13N.2C8H12N2/c1-11(2,3)9-4-5-10-8(6-9)7-12-13-10;1-11(2,3)9-6-8-4-5-12-10(8)13-7-9;1-10(2,3)9-7-5-4-6-8-9;2*1-9(2,3)8-5-4-6-10-7-8;1-9(2,3)8-6-4-5-7-10-8;1-8(2,3)7-6-9-4-5-10-7;1-8(2,3)7-5-4-6-9-10-7/h2*4-7H,1-3H3,(H,12,13);4-8H,1-3H3;3*4-7H,1-3H3;2*4-6H,1-3H3. The average molecular weight is 1160 g/mol. The number of H-pyrrole nitrogens is 2. The van der Waals surface area contributed by atoms with Gasteiger partial charge < -0.3 is 4.98 Å². The van der Waals surface area contributed by atoms with Gasteiger partial charge in [0.25, 0.3) is 0 Å². The first-order chi connectivity index (χ1) is 39.8. The molecule has 0 spiro atoms. The van der Waals surface area contributed by atoms with Crippen molar-refractivity contribution in [3.8, 4) is 0 Å². The molecule has 2 N–H and O–H groups in total. The Kier molecular flexibility index (Phi) is 27.0. The van der Waals surface area contributed by atoms with Gasteiger partial charge in [0, 0.05) is 101 Å². The van der Waals surface area contributed by atoms with Gasteiger partial charge in [0.2, 0.25) is 0 Å². The van der Waals surface area contributed by atoms with Crippen molar-refractivity contribution in [1.82, 2.24) is 55.3 Å². The Bertz CT molecular complexity index is 2930. The summed E-state index contributed by atoms with van der Waals surface area (Å²) >= 11 is 0. The molecule has 0 atom stereocenters. The summed E-state index contributed by atoms with van der Waals surface area (Å²) < 4.78 is 0. The highest BCUT2D eigenvalue weighted by Gasteiger charge is 2.18. The summed E-state index contributed by atoms with van der Waals surface area (Å²) in [6.07, 6.45) is 21.9. The van der Waals surface area contributed by atoms with Crippen LogP contribution in [0.2, 0.25) is 0 Å². The maximum absolute atomic E-state index is 4.35. The van der Waals surface area contributed by atoms with Crippen molar-refractivity contribution in [2.75, 3.05) is 0 Å². The first-order valence-electron chi connectivity index (χ1n) is 30.0. The smallest absolute Gasteiger partial charge is 0.137 e. The molecule has 0 saturated heterocycles. The van der Waals surface area contributed by atoms with Gasteiger partial charge in [0.15, 0.2) is 0 Å². The van der Waals surface area contributed by atoms with Crippen LogP contribution in [0.5, 0.6) is 0 Å². The van der Waals surface area contributed by atoms with Gasteiger partial charge in [0.05, 0.1) is 23.1 Å². The quantitative estimate of drug-likeness (QED) is 0.151. The molecule has 0 amide bonds. The van der Waals surface area contributed by atoms with E-state index in [0.29, 0.717) is 5.41 Å². The number of benzene rings is 2. The Labute approximate surface area is 518 Å². The van der Waals surface area contributed by atoms with E-state index in [2.05, 4.69) is 300 Å². The molecule has 2 aromatic carbocycles. The zero-order valence-corrected chi connectivity index (χ0v) is 56.9. The van der Waals surface area contributed by atoms with Gasteiger partial charge in [0.1, 0.15) is 5.65 Å². The van der Waals surface area contributed by atoms with Gasteiger partial charge in [-0.15, -0.1) is 0 Å². The van der Waals surface area contributed by atoms with Crippen LogP contribution < -0.4 is 0 Å². The second-order valence-electron chi connectivity index (χ2n) is 29.6. The normalized spacial score (nSPS) is 11.7. The molecule has 0 fully saturated rings. The fourth-order valence-corrected chi connectivity index (χ4v) is 7.50. The first-order valence-corrected chi connectivity index (χ1v) is 30.0. The number of hydrogen-bond acceptors (Lipinski definition) is 9. The second-order valence-corrected chi connectivity index (χ2v) is 29.6. The van der Waals surface area contributed by atoms with Crippen molar-refractivity contribution in [3.63, 3.8) is 0 Å². The Morgan fingerprint density at radius 1 is 0.302 bits per heavy atom. The molecule has 460 valence electrons. The Hall–Kier alpha value is -7.79. The Morgan fingerprint density at radius 3 is 1.16 bits per heavy atom. The van der Waals surface area contributed by atoms with E-state index in [1.807, 2.05) is 73.6 Å². The molecule has 8 heterocycles. The highest BCUT2D eigenvalue weighted by atomic mass is 15.1. The lowest BCUT2D eigenvalue weighted by molar-refractivity contribution is 0.558. The molecule has 0 unspecified atom stereocenters. The molecule has 8 aromatic heterocycles. The Morgan fingerprint density at radius 2 is 0.779 bits per heavy atom. The van der Waals surface area contributed by atoms with E-state index in [9.17, 15) is 0 Å². The molecule has 10 rings (SSSR count). The van der Waals surface area contributed by atoms with E-state index in [1.54, 1.807) is 37.2 Å². The largest absolute Gasteiger partial charge is 0.346 e. The van der Waals surface area contributed by atoms with Gasteiger partial charge in [-0.05, 0) is 116 Å². The van der Waals surface area contributed by atoms with Gasteiger partial charge in [-0.1, -0.05) is 221 Å². The summed E-state index contributed by atoms with van der Waals surface area (Å²) in [7, 11) is 0. The number of aromatic nitrogens is 11. The lowest BCUT2D eigenvalue weighted by Gasteiger charge is -2.18. The van der Waals surface area contributed by atoms with Gasteiger partial charge in [-0.2, -0.15) is 15.3 Å². The van der Waals surface area contributed by atoms with Crippen LogP contribution in [0, 0.1) is 0 Å². The fraction of sp³-hybridized carbons (Fsp3) is 0.427. The lowest BCUT2D eigenvalue weighted by atomic mass is 9.86. The third-order valence-corrected chi connectivity index (χ3v) is 13.4. The highest BCUT2D eigenvalue weighted by Crippen LogP contribution is 2.27. The molecule has 0 aliphatic carbocycles. The topological polar surface area (TPSA) is 148 Å². The summed E-state index contributed by atoms with van der Waals surface area (Å²) in [5.41, 5.74) is 13.5. The van der Waals surface area contributed by atoms with E-state index in [1.165, 1.54) is 38.6 Å². The molecular weight excluding hydrogens is 1050 g/mol. The molecule has 0 radical (unpaired) electrons. The van der Waals surface area contributed by atoms with Crippen molar-refractivity contribution >= 4 is 21.9 Å². The molecule has 11 nitrogen and oxygen atoms in total. The summed E-state index contributed by atoms with van der Waals surface area (Å²) in [5.74, 6) is 0. The number of hydrogen-bond donors (Lipinski definition) is 2. The Balaban J connectivity index is 0.000000258. The summed E-state index contributed by atoms with van der Waals surface area (Å²) in [6.45, 7) is 52.2. The summed E-state index contributed by atoms with van der Waals surface area (Å²) in [4.78, 5) is 28.0. The number of aromatic amines is 2. The predicted octanol–water partition coefficient (Wildman–Crippen LogP) is 19.4. The lowest BCUT2D eigenvalue weighted by Crippen LogP contribution is -2.13. The highest BCUT2D eigenvalue weighted by molar-refractivity contribution is 5.79. The molecule has 10 aromatic rings. The minimum absolute atomic E-state index is 0.119. The van der Waals surface area contributed by atoms with Crippen molar-refractivity contribution in [2.24, 2.45) is 0 Å². The molecule has 0 aliphatic rings. The van der Waals surface area contributed by atoms with Crippen LogP contribution in [-0.4, -0.2) is 55.3 Å². The third-order valence-electron chi connectivity index (χ3n) is 13.4. The SMILES string of the molecule is CC(C)(C)c1ccc2[nH]ncc2c1.CC(C)(C)c1ccccc1.CC(C)(C)c1ccccn1.CC(C)(C)c1cccnc1.CC(C)(C)c1cccnc1.CC(C)(C)c1cccnn1.CC(C)(C)c1cnc2[nH]ccc2c1.CC(C)(C)c1cnccn1. The monoisotopic (exact) mass is 1160 g/mol. The van der Waals surface area contributed by atoms with E-state index in [4.69, 9.17) is 0 Å². The van der Waals surface area contributed by atoms with Gasteiger partial charge >= 0.3 is 0 Å². The fourth-order valence-electron chi connectivity index (χ4n) is 7.50. The van der Waals surface area contributed by atoms with Gasteiger partial charge in [-0.3, -0.25) is 30.0 Å². The van der Waals surface area contributed by atoms with Crippen LogP contribution in [0.15, 0.2) is 190 Å². The van der Waals surface area contributed by atoms with Crippen LogP contribution in [-0.2, 0) is 43.3 Å². The molecule has 86 heavy (non-hydrogen) atoms. The van der Waals surface area contributed by atoms with Crippen LogP contribution in [0.4, 0.5) is 0 Å². The van der Waals surface area contributed by atoms with Crippen molar-refractivity contribution in [2.45, 2.75) is 209 Å². The zero-order valence-electron chi connectivity index (χ0n) is 56.9. The van der Waals surface area contributed by atoms with E-state index >= 15 is 0 Å². The number of nitrogens with one attached hydrogen (secondary N) is 2. The minimum atomic E-state index is 0.119. The maximum atomic E-state index is 4.35. The number of rotatable bonds is 0. The van der Waals surface area contributed by atoms with Crippen LogP contribution >= 0.6 is 0 Å². The van der Waals surface area contributed by atoms with Crippen molar-refractivity contribution in [1.29, 1.82) is 0 Å². The van der Waals surface area contributed by atoms with E-state index in [0.717, 1.165) is 28.2 Å². The maximum Gasteiger partial charge on any atom is 0.137 e. The summed E-state index contributed by atoms with van der Waals surface area (Å²) in [6, 6.07) is 39.3. The number of pyridine rings is 4. The number of nitrogens with zero attached hydrogens (tertiary/aromatic N) is 9. The molecule has 0 bridgehead atoms. The molecule has 0 saturated carbocycles.